The number of methoxy groups -OCH3 is 1. The first kappa shape index (κ1) is 23.7. The molecule has 1 aliphatic rings. The number of aliphatic hydroxyl groups excluding tert-OH is 1. The Hall–Kier alpha value is -2.34. The maximum Gasteiger partial charge on any atom is 0.408 e. The number of cyclic esters (lactones) is 1. The molecule has 6 heteroatoms. The van der Waals surface area contributed by atoms with Gasteiger partial charge in [0.25, 0.3) is 0 Å². The van der Waals surface area contributed by atoms with E-state index in [-0.39, 0.29) is 24.2 Å². The van der Waals surface area contributed by atoms with E-state index in [9.17, 15) is 14.7 Å². The Morgan fingerprint density at radius 3 is 2.61 bits per heavy atom. The predicted molar refractivity (Wildman–Crippen MR) is 110 cm³/mol. The van der Waals surface area contributed by atoms with Crippen molar-refractivity contribution in [1.29, 1.82) is 0 Å². The van der Waals surface area contributed by atoms with Gasteiger partial charge in [0.1, 0.15) is 6.10 Å². The van der Waals surface area contributed by atoms with Crippen LogP contribution in [0.5, 0.6) is 0 Å². The van der Waals surface area contributed by atoms with Crippen LogP contribution in [-0.4, -0.2) is 42.5 Å². The number of esters is 1. The van der Waals surface area contributed by atoms with E-state index in [0.29, 0.717) is 19.3 Å². The molecular formula is C22H33NO5. The van der Waals surface area contributed by atoms with Crippen molar-refractivity contribution >= 4 is 12.1 Å². The van der Waals surface area contributed by atoms with Gasteiger partial charge in [-0.25, -0.2) is 4.79 Å². The number of alkyl carbamates (subject to hydrolysis) is 1. The van der Waals surface area contributed by atoms with Gasteiger partial charge in [0.15, 0.2) is 0 Å². The van der Waals surface area contributed by atoms with E-state index in [1.807, 2.05) is 42.5 Å². The number of carbonyl (C=O) groups excluding carboxylic acids is 2. The van der Waals surface area contributed by atoms with Gasteiger partial charge in [0.2, 0.25) is 0 Å². The highest BCUT2D eigenvalue weighted by Crippen LogP contribution is 2.16. The molecule has 1 amide bonds. The van der Waals surface area contributed by atoms with Crippen molar-refractivity contribution in [3.05, 3.63) is 48.6 Å². The highest BCUT2D eigenvalue weighted by molar-refractivity contribution is 5.71. The topological polar surface area (TPSA) is 84.9 Å². The van der Waals surface area contributed by atoms with E-state index < -0.39 is 6.09 Å². The van der Waals surface area contributed by atoms with Crippen molar-refractivity contribution in [2.75, 3.05) is 7.11 Å². The monoisotopic (exact) mass is 391 g/mol. The first-order valence-electron chi connectivity index (χ1n) is 9.97. The summed E-state index contributed by atoms with van der Waals surface area (Å²) in [7, 11) is 1.36. The molecule has 6 nitrogen and oxygen atoms in total. The number of carbonyl (C=O) groups is 2. The fourth-order valence-corrected chi connectivity index (χ4v) is 2.77. The molecule has 3 atom stereocenters. The molecule has 1 heterocycles. The van der Waals surface area contributed by atoms with E-state index >= 15 is 0 Å². The van der Waals surface area contributed by atoms with E-state index in [1.54, 1.807) is 6.08 Å². The molecule has 1 fully saturated rings. The van der Waals surface area contributed by atoms with Crippen LogP contribution in [0.15, 0.2) is 48.6 Å². The summed E-state index contributed by atoms with van der Waals surface area (Å²) in [6.45, 7) is 2.14. The van der Waals surface area contributed by atoms with Crippen LogP contribution in [0.1, 0.15) is 51.9 Å². The smallest absolute Gasteiger partial charge is 0.408 e. The summed E-state index contributed by atoms with van der Waals surface area (Å²) in [6.07, 6.45) is 19.4. The molecule has 0 bridgehead atoms. The van der Waals surface area contributed by atoms with Crippen molar-refractivity contribution in [3.63, 3.8) is 0 Å². The fourth-order valence-electron chi connectivity index (χ4n) is 2.77. The number of rotatable bonds is 13. The molecule has 0 saturated carbocycles. The van der Waals surface area contributed by atoms with Crippen LogP contribution in [-0.2, 0) is 14.3 Å². The lowest BCUT2D eigenvalue weighted by Gasteiger charge is -2.12. The zero-order valence-electron chi connectivity index (χ0n) is 16.9. The summed E-state index contributed by atoms with van der Waals surface area (Å²) in [5, 5.41) is 12.5. The van der Waals surface area contributed by atoms with Crippen LogP contribution in [0.3, 0.4) is 0 Å². The van der Waals surface area contributed by atoms with Crippen molar-refractivity contribution < 1.29 is 24.2 Å². The number of allylic oxidation sites excluding steroid dienone is 6. The van der Waals surface area contributed by atoms with Crippen molar-refractivity contribution in [2.24, 2.45) is 0 Å². The third-order valence-corrected chi connectivity index (χ3v) is 4.35. The standard InChI is InChI=1S/C22H33NO5/c1-3-4-9-13-18(24)14-10-7-5-6-8-11-15-19-20(28-22(26)23-19)16-12-17-21(25)27-2/h5-8,10-11,14-15,18-20,24H,3-4,9,12-13,16-17H2,1-2H3,(H,23,26)/b7-5-,8-6+,14-10+,15-11+/t18-,19-,20+/m1/s1. The molecule has 156 valence electrons. The van der Waals surface area contributed by atoms with Crippen molar-refractivity contribution in [2.45, 2.75) is 70.1 Å². The van der Waals surface area contributed by atoms with E-state index in [2.05, 4.69) is 17.0 Å². The third-order valence-electron chi connectivity index (χ3n) is 4.35. The largest absolute Gasteiger partial charge is 0.469 e. The fraction of sp³-hybridized carbons (Fsp3) is 0.545. The number of hydrogen-bond donors (Lipinski definition) is 2. The highest BCUT2D eigenvalue weighted by atomic mass is 16.6. The molecule has 0 radical (unpaired) electrons. The van der Waals surface area contributed by atoms with Crippen LogP contribution in [0.25, 0.3) is 0 Å². The Kier molecular flexibility index (Phi) is 12.4. The molecule has 1 saturated heterocycles. The number of unbranched alkanes of at least 4 members (excludes halogenated alkanes) is 2. The van der Waals surface area contributed by atoms with Crippen LogP contribution in [0.4, 0.5) is 4.79 Å². The quantitative estimate of drug-likeness (QED) is 0.282. The minimum absolute atomic E-state index is 0.211. The van der Waals surface area contributed by atoms with Gasteiger partial charge < -0.3 is 19.9 Å². The van der Waals surface area contributed by atoms with Crippen molar-refractivity contribution in [1.82, 2.24) is 5.32 Å². The van der Waals surface area contributed by atoms with Crippen LogP contribution < -0.4 is 5.32 Å². The van der Waals surface area contributed by atoms with Gasteiger partial charge in [-0.15, -0.1) is 0 Å². The van der Waals surface area contributed by atoms with Gasteiger partial charge in [0.05, 0.1) is 19.3 Å². The molecule has 0 unspecified atom stereocenters. The molecule has 2 N–H and O–H groups in total. The minimum atomic E-state index is -0.441. The maximum atomic E-state index is 11.4. The van der Waals surface area contributed by atoms with Crippen molar-refractivity contribution in [3.8, 4) is 0 Å². The van der Waals surface area contributed by atoms with Gasteiger partial charge in [-0.05, 0) is 19.3 Å². The summed E-state index contributed by atoms with van der Waals surface area (Å²) in [5.74, 6) is -0.262. The van der Waals surface area contributed by atoms with Gasteiger partial charge in [-0.1, -0.05) is 74.8 Å². The number of hydrogen-bond acceptors (Lipinski definition) is 5. The molecule has 0 aromatic heterocycles. The van der Waals surface area contributed by atoms with Crippen LogP contribution in [0.2, 0.25) is 0 Å². The highest BCUT2D eigenvalue weighted by Gasteiger charge is 2.31. The van der Waals surface area contributed by atoms with Gasteiger partial charge in [0, 0.05) is 6.42 Å². The summed E-state index contributed by atoms with van der Waals surface area (Å²) < 4.78 is 9.84. The minimum Gasteiger partial charge on any atom is -0.469 e. The lowest BCUT2D eigenvalue weighted by Crippen LogP contribution is -2.29. The van der Waals surface area contributed by atoms with E-state index in [1.165, 1.54) is 7.11 Å². The SMILES string of the molecule is CCCCC[C@@H](O)/C=C/C=C\C=C\C=C\[C@H]1NC(=O)O[C@H]1CCCC(=O)OC. The number of ether oxygens (including phenoxy) is 2. The van der Waals surface area contributed by atoms with Crippen LogP contribution in [0, 0.1) is 0 Å². The molecule has 0 aromatic carbocycles. The maximum absolute atomic E-state index is 11.4. The molecule has 0 aliphatic carbocycles. The Morgan fingerprint density at radius 2 is 1.89 bits per heavy atom. The lowest BCUT2D eigenvalue weighted by atomic mass is 10.0. The second kappa shape index (κ2) is 14.7. The number of aliphatic hydroxyl groups is 1. The first-order valence-corrected chi connectivity index (χ1v) is 9.97. The molecule has 1 rings (SSSR count). The Labute approximate surface area is 168 Å². The van der Waals surface area contributed by atoms with Gasteiger partial charge in [-0.3, -0.25) is 4.79 Å². The zero-order valence-corrected chi connectivity index (χ0v) is 16.9. The summed E-state index contributed by atoms with van der Waals surface area (Å²) >= 11 is 0. The van der Waals surface area contributed by atoms with Gasteiger partial charge in [-0.2, -0.15) is 0 Å². The molecule has 28 heavy (non-hydrogen) atoms. The molecule has 1 aliphatic heterocycles. The molecule has 0 spiro atoms. The summed E-state index contributed by atoms with van der Waals surface area (Å²) in [5.41, 5.74) is 0. The lowest BCUT2D eigenvalue weighted by molar-refractivity contribution is -0.140. The van der Waals surface area contributed by atoms with Gasteiger partial charge >= 0.3 is 12.1 Å². The number of amides is 1. The zero-order chi connectivity index (χ0) is 20.6. The molecule has 0 aromatic rings. The second-order valence-electron chi connectivity index (χ2n) is 6.68. The molecular weight excluding hydrogens is 358 g/mol. The predicted octanol–water partition coefficient (Wildman–Crippen LogP) is 3.97. The Bertz CT molecular complexity index is 579. The first-order chi connectivity index (χ1) is 13.6. The van der Waals surface area contributed by atoms with E-state index in [0.717, 1.165) is 25.7 Å². The Morgan fingerprint density at radius 1 is 1.18 bits per heavy atom. The average molecular weight is 392 g/mol. The van der Waals surface area contributed by atoms with E-state index in [4.69, 9.17) is 4.74 Å². The summed E-state index contributed by atoms with van der Waals surface area (Å²) in [6, 6.07) is -0.211. The number of nitrogens with one attached hydrogen (secondary N) is 1. The third kappa shape index (κ3) is 10.7. The average Bonchev–Trinajstić information content (AvgIpc) is 3.03. The Balaban J connectivity index is 2.32. The summed E-state index contributed by atoms with van der Waals surface area (Å²) in [4.78, 5) is 22.6. The second-order valence-corrected chi connectivity index (χ2v) is 6.68. The van der Waals surface area contributed by atoms with Crippen LogP contribution >= 0.6 is 0 Å². The normalized spacial score (nSPS) is 21.0.